The molecule has 0 unspecified atom stereocenters. The van der Waals surface area contributed by atoms with Gasteiger partial charge in [-0.1, -0.05) is 12.1 Å². The summed E-state index contributed by atoms with van der Waals surface area (Å²) in [7, 11) is 0. The monoisotopic (exact) mass is 249 g/mol. The second kappa shape index (κ2) is 3.63. The standard InChI is InChI=1S/C12H6F3N3/c13-12(14,15)11-17-6-8-9(18-11)4-3-7-2-1-5-16-10(7)8/h1-6H. The van der Waals surface area contributed by atoms with E-state index in [0.29, 0.717) is 10.9 Å². The number of halogens is 3. The van der Waals surface area contributed by atoms with Gasteiger partial charge in [0.1, 0.15) is 0 Å². The third-order valence-electron chi connectivity index (χ3n) is 2.59. The summed E-state index contributed by atoms with van der Waals surface area (Å²) in [6.45, 7) is 0. The SMILES string of the molecule is FC(F)(F)c1ncc2c(ccc3cccnc32)n1. The molecule has 2 heterocycles. The van der Waals surface area contributed by atoms with Gasteiger partial charge in [0.25, 0.3) is 0 Å². The molecule has 3 rings (SSSR count). The quantitative estimate of drug-likeness (QED) is 0.574. The first-order valence-corrected chi connectivity index (χ1v) is 5.13. The van der Waals surface area contributed by atoms with Gasteiger partial charge in [-0.05, 0) is 12.1 Å². The van der Waals surface area contributed by atoms with Gasteiger partial charge in [0.2, 0.25) is 5.82 Å². The second-order valence-corrected chi connectivity index (χ2v) is 3.76. The number of fused-ring (bicyclic) bond motifs is 3. The molecule has 0 aliphatic rings. The summed E-state index contributed by atoms with van der Waals surface area (Å²) in [6.07, 6.45) is -1.78. The van der Waals surface area contributed by atoms with Crippen molar-refractivity contribution in [2.75, 3.05) is 0 Å². The van der Waals surface area contributed by atoms with Gasteiger partial charge in [0.05, 0.1) is 11.0 Å². The molecule has 0 saturated carbocycles. The minimum absolute atomic E-state index is 0.239. The van der Waals surface area contributed by atoms with E-state index in [4.69, 9.17) is 0 Å². The summed E-state index contributed by atoms with van der Waals surface area (Å²) < 4.78 is 37.5. The first-order chi connectivity index (χ1) is 8.55. The Morgan fingerprint density at radius 2 is 1.83 bits per heavy atom. The third kappa shape index (κ3) is 1.66. The normalized spacial score (nSPS) is 12.2. The highest BCUT2D eigenvalue weighted by Gasteiger charge is 2.34. The average Bonchev–Trinajstić information content (AvgIpc) is 2.37. The maximum atomic E-state index is 12.5. The minimum Gasteiger partial charge on any atom is -0.255 e. The zero-order chi connectivity index (χ0) is 12.8. The molecule has 0 aliphatic carbocycles. The predicted octanol–water partition coefficient (Wildman–Crippen LogP) is 3.20. The molecule has 0 atom stereocenters. The van der Waals surface area contributed by atoms with E-state index in [2.05, 4.69) is 15.0 Å². The smallest absolute Gasteiger partial charge is 0.255 e. The molecule has 1 aromatic carbocycles. The van der Waals surface area contributed by atoms with E-state index in [0.717, 1.165) is 5.39 Å². The molecule has 0 aliphatic heterocycles. The number of rotatable bonds is 0. The van der Waals surface area contributed by atoms with Crippen LogP contribution in [-0.2, 0) is 6.18 Å². The third-order valence-corrected chi connectivity index (χ3v) is 2.59. The van der Waals surface area contributed by atoms with Gasteiger partial charge < -0.3 is 0 Å². The Bertz CT molecular complexity index is 737. The molecular weight excluding hydrogens is 243 g/mol. The van der Waals surface area contributed by atoms with Gasteiger partial charge in [-0.15, -0.1) is 0 Å². The topological polar surface area (TPSA) is 38.7 Å². The highest BCUT2D eigenvalue weighted by Crippen LogP contribution is 2.28. The van der Waals surface area contributed by atoms with Crippen molar-refractivity contribution in [2.24, 2.45) is 0 Å². The highest BCUT2D eigenvalue weighted by atomic mass is 19.4. The van der Waals surface area contributed by atoms with E-state index >= 15 is 0 Å². The van der Waals surface area contributed by atoms with Crippen LogP contribution in [0.1, 0.15) is 5.82 Å². The van der Waals surface area contributed by atoms with Gasteiger partial charge >= 0.3 is 6.18 Å². The van der Waals surface area contributed by atoms with Gasteiger partial charge in [-0.25, -0.2) is 9.97 Å². The van der Waals surface area contributed by atoms with Crippen molar-refractivity contribution < 1.29 is 13.2 Å². The van der Waals surface area contributed by atoms with Gasteiger partial charge in [0.15, 0.2) is 0 Å². The fourth-order valence-electron chi connectivity index (χ4n) is 1.79. The molecule has 0 N–H and O–H groups in total. The summed E-state index contributed by atoms with van der Waals surface area (Å²) in [6, 6.07) is 6.83. The van der Waals surface area contributed by atoms with E-state index in [9.17, 15) is 13.2 Å². The van der Waals surface area contributed by atoms with Crippen LogP contribution < -0.4 is 0 Å². The largest absolute Gasteiger partial charge is 0.451 e. The Balaban J connectivity index is 2.35. The summed E-state index contributed by atoms with van der Waals surface area (Å²) in [5, 5.41) is 1.36. The molecule has 90 valence electrons. The summed E-state index contributed by atoms with van der Waals surface area (Å²) in [4.78, 5) is 11.0. The first kappa shape index (κ1) is 10.9. The molecule has 0 spiro atoms. The molecule has 3 aromatic rings. The van der Waals surface area contributed by atoms with E-state index in [1.165, 1.54) is 12.3 Å². The maximum absolute atomic E-state index is 12.5. The van der Waals surface area contributed by atoms with Crippen LogP contribution in [-0.4, -0.2) is 15.0 Å². The van der Waals surface area contributed by atoms with E-state index < -0.39 is 12.0 Å². The van der Waals surface area contributed by atoms with Gasteiger partial charge in [-0.2, -0.15) is 13.2 Å². The fourth-order valence-corrected chi connectivity index (χ4v) is 1.79. The Hall–Kier alpha value is -2.24. The first-order valence-electron chi connectivity index (χ1n) is 5.13. The summed E-state index contributed by atoms with van der Waals surface area (Å²) in [5.74, 6) is -1.13. The van der Waals surface area contributed by atoms with Crippen LogP contribution in [0.2, 0.25) is 0 Å². The zero-order valence-corrected chi connectivity index (χ0v) is 8.94. The number of benzene rings is 1. The van der Waals surface area contributed by atoms with E-state index in [-0.39, 0.29) is 5.52 Å². The maximum Gasteiger partial charge on any atom is 0.451 e. The molecule has 0 amide bonds. The minimum atomic E-state index is -4.53. The van der Waals surface area contributed by atoms with Crippen LogP contribution in [0.15, 0.2) is 36.7 Å². The van der Waals surface area contributed by atoms with Crippen LogP contribution in [0, 0.1) is 0 Å². The van der Waals surface area contributed by atoms with Crippen molar-refractivity contribution in [2.45, 2.75) is 6.18 Å². The Kier molecular flexibility index (Phi) is 2.19. The lowest BCUT2D eigenvalue weighted by Gasteiger charge is -2.06. The number of hydrogen-bond donors (Lipinski definition) is 0. The van der Waals surface area contributed by atoms with Gasteiger partial charge in [-0.3, -0.25) is 4.98 Å². The van der Waals surface area contributed by atoms with Crippen LogP contribution in [0.25, 0.3) is 21.8 Å². The zero-order valence-electron chi connectivity index (χ0n) is 8.94. The van der Waals surface area contributed by atoms with E-state index in [1.54, 1.807) is 18.3 Å². The Morgan fingerprint density at radius 1 is 1.00 bits per heavy atom. The number of alkyl halides is 3. The van der Waals surface area contributed by atoms with Gasteiger partial charge in [0, 0.05) is 23.2 Å². The highest BCUT2D eigenvalue weighted by molar-refractivity contribution is 6.03. The van der Waals surface area contributed by atoms with Crippen molar-refractivity contribution in [1.82, 2.24) is 15.0 Å². The lowest BCUT2D eigenvalue weighted by molar-refractivity contribution is -0.144. The van der Waals surface area contributed by atoms with Crippen LogP contribution in [0.4, 0.5) is 13.2 Å². The van der Waals surface area contributed by atoms with Crippen LogP contribution in [0.3, 0.4) is 0 Å². The Labute approximate surface area is 99.3 Å². The van der Waals surface area contributed by atoms with E-state index in [1.807, 2.05) is 6.07 Å². The van der Waals surface area contributed by atoms with Crippen molar-refractivity contribution >= 4 is 21.8 Å². The van der Waals surface area contributed by atoms with Crippen molar-refractivity contribution in [3.8, 4) is 0 Å². The van der Waals surface area contributed by atoms with Crippen molar-refractivity contribution in [3.05, 3.63) is 42.5 Å². The molecule has 0 saturated heterocycles. The number of pyridine rings is 1. The predicted molar refractivity (Wildman–Crippen MR) is 59.8 cm³/mol. The molecule has 3 nitrogen and oxygen atoms in total. The molecule has 0 fully saturated rings. The lowest BCUT2D eigenvalue weighted by Crippen LogP contribution is -2.10. The number of aromatic nitrogens is 3. The average molecular weight is 249 g/mol. The Morgan fingerprint density at radius 3 is 2.61 bits per heavy atom. The number of nitrogens with zero attached hydrogens (tertiary/aromatic N) is 3. The molecule has 0 radical (unpaired) electrons. The van der Waals surface area contributed by atoms with Crippen molar-refractivity contribution in [1.29, 1.82) is 0 Å². The van der Waals surface area contributed by atoms with Crippen LogP contribution in [0.5, 0.6) is 0 Å². The summed E-state index contributed by atoms with van der Waals surface area (Å²) in [5.41, 5.74) is 0.840. The molecule has 2 aromatic heterocycles. The molecule has 0 bridgehead atoms. The second-order valence-electron chi connectivity index (χ2n) is 3.76. The molecule has 18 heavy (non-hydrogen) atoms. The molecule has 6 heteroatoms. The summed E-state index contributed by atoms with van der Waals surface area (Å²) >= 11 is 0. The number of hydrogen-bond acceptors (Lipinski definition) is 3. The van der Waals surface area contributed by atoms with Crippen molar-refractivity contribution in [3.63, 3.8) is 0 Å². The van der Waals surface area contributed by atoms with Crippen LogP contribution >= 0.6 is 0 Å². The lowest BCUT2D eigenvalue weighted by atomic mass is 10.1. The molecular formula is C12H6F3N3. The fraction of sp³-hybridized carbons (Fsp3) is 0.0833.